The van der Waals surface area contributed by atoms with E-state index in [-0.39, 0.29) is 5.91 Å². The zero-order valence-electron chi connectivity index (χ0n) is 6.95. The normalized spacial score (nSPS) is 36.1. The number of hydrogen-bond acceptors (Lipinski definition) is 4. The molecule has 70 valence electrons. The molecular formula is C7H14N2O3. The molecule has 1 aliphatic rings. The summed E-state index contributed by atoms with van der Waals surface area (Å²) in [5.41, 5.74) is 0. The van der Waals surface area contributed by atoms with Crippen molar-refractivity contribution in [2.45, 2.75) is 25.2 Å². The summed E-state index contributed by atoms with van der Waals surface area (Å²) in [5.74, 6) is -0.236. The fraction of sp³-hybridized carbons (Fsp3) is 0.857. The number of carbonyl (C=O) groups excluding carboxylic acids is 1. The van der Waals surface area contributed by atoms with Gasteiger partial charge in [-0.25, -0.2) is 0 Å². The van der Waals surface area contributed by atoms with Gasteiger partial charge >= 0.3 is 0 Å². The van der Waals surface area contributed by atoms with Gasteiger partial charge in [0.25, 0.3) is 0 Å². The number of hydrogen-bond donors (Lipinski definition) is 4. The van der Waals surface area contributed by atoms with Crippen LogP contribution in [0.5, 0.6) is 0 Å². The number of aliphatic hydroxyl groups excluding tert-OH is 2. The van der Waals surface area contributed by atoms with Crippen molar-refractivity contribution in [3.63, 3.8) is 0 Å². The first-order valence-electron chi connectivity index (χ1n) is 3.95. The molecule has 0 aliphatic carbocycles. The predicted octanol–water partition coefficient (Wildman–Crippen LogP) is -2.18. The second kappa shape index (κ2) is 3.84. The maximum Gasteiger partial charge on any atom is 0.217 e. The number of rotatable bonds is 1. The minimum absolute atomic E-state index is 0.236. The Morgan fingerprint density at radius 1 is 1.42 bits per heavy atom. The van der Waals surface area contributed by atoms with Crippen LogP contribution in [0.1, 0.15) is 6.92 Å². The number of amides is 1. The van der Waals surface area contributed by atoms with Crippen LogP contribution in [-0.2, 0) is 4.79 Å². The monoisotopic (exact) mass is 174 g/mol. The van der Waals surface area contributed by atoms with Crippen molar-refractivity contribution in [2.75, 3.05) is 13.1 Å². The van der Waals surface area contributed by atoms with E-state index in [9.17, 15) is 15.0 Å². The highest BCUT2D eigenvalue weighted by molar-refractivity contribution is 5.73. The van der Waals surface area contributed by atoms with Crippen LogP contribution >= 0.6 is 0 Å². The Labute approximate surface area is 70.8 Å². The molecule has 0 aromatic rings. The average Bonchev–Trinajstić information content (AvgIpc) is 1.97. The SMILES string of the molecule is CC(=O)NC1[C@H](O)CNC[C@@H]1O. The van der Waals surface area contributed by atoms with Gasteiger partial charge in [-0.15, -0.1) is 0 Å². The zero-order chi connectivity index (χ0) is 9.14. The molecule has 1 fully saturated rings. The van der Waals surface area contributed by atoms with E-state index in [0.717, 1.165) is 0 Å². The van der Waals surface area contributed by atoms with Gasteiger partial charge in [-0.05, 0) is 0 Å². The van der Waals surface area contributed by atoms with Crippen LogP contribution in [0.15, 0.2) is 0 Å². The topological polar surface area (TPSA) is 81.6 Å². The standard InChI is InChI=1S/C7H14N2O3/c1-4(10)9-7-5(11)2-8-3-6(7)12/h5-8,11-12H,2-3H2,1H3,(H,9,10)/t5-,6+,7?. The van der Waals surface area contributed by atoms with Gasteiger partial charge in [0, 0.05) is 20.0 Å². The number of nitrogens with one attached hydrogen (secondary N) is 2. The average molecular weight is 174 g/mol. The zero-order valence-corrected chi connectivity index (χ0v) is 6.95. The van der Waals surface area contributed by atoms with Crippen molar-refractivity contribution in [2.24, 2.45) is 0 Å². The third-order valence-corrected chi connectivity index (χ3v) is 1.91. The Bertz CT molecular complexity index is 164. The van der Waals surface area contributed by atoms with Crippen molar-refractivity contribution in [3.8, 4) is 0 Å². The lowest BCUT2D eigenvalue weighted by Crippen LogP contribution is -2.60. The Kier molecular flexibility index (Phi) is 3.02. The Balaban J connectivity index is 2.50. The summed E-state index contributed by atoms with van der Waals surface area (Å²) in [6, 6.07) is -0.538. The summed E-state index contributed by atoms with van der Waals surface area (Å²) in [6.07, 6.45) is -1.42. The first kappa shape index (κ1) is 9.44. The first-order chi connectivity index (χ1) is 5.61. The highest BCUT2D eigenvalue weighted by Crippen LogP contribution is 2.04. The molecule has 0 spiro atoms. The molecule has 4 N–H and O–H groups in total. The minimum Gasteiger partial charge on any atom is -0.390 e. The van der Waals surface area contributed by atoms with Gasteiger partial charge in [0.05, 0.1) is 18.2 Å². The summed E-state index contributed by atoms with van der Waals surface area (Å²) >= 11 is 0. The van der Waals surface area contributed by atoms with Crippen molar-refractivity contribution < 1.29 is 15.0 Å². The van der Waals surface area contributed by atoms with Crippen LogP contribution in [0.25, 0.3) is 0 Å². The van der Waals surface area contributed by atoms with Crippen LogP contribution in [0, 0.1) is 0 Å². The molecule has 0 bridgehead atoms. The molecule has 5 heteroatoms. The molecule has 12 heavy (non-hydrogen) atoms. The van der Waals surface area contributed by atoms with Crippen LogP contribution in [-0.4, -0.2) is 47.5 Å². The molecule has 0 aromatic carbocycles. The smallest absolute Gasteiger partial charge is 0.217 e. The van der Waals surface area contributed by atoms with Crippen LogP contribution < -0.4 is 10.6 Å². The van der Waals surface area contributed by atoms with E-state index < -0.39 is 18.2 Å². The van der Waals surface area contributed by atoms with Crippen LogP contribution in [0.3, 0.4) is 0 Å². The summed E-state index contributed by atoms with van der Waals surface area (Å²) in [4.78, 5) is 10.6. The van der Waals surface area contributed by atoms with Crippen LogP contribution in [0.4, 0.5) is 0 Å². The fourth-order valence-electron chi connectivity index (χ4n) is 1.32. The van der Waals surface area contributed by atoms with E-state index in [1.54, 1.807) is 0 Å². The molecule has 0 saturated carbocycles. The van der Waals surface area contributed by atoms with Gasteiger partial charge in [-0.1, -0.05) is 0 Å². The van der Waals surface area contributed by atoms with Crippen molar-refractivity contribution in [1.29, 1.82) is 0 Å². The number of piperidine rings is 1. The summed E-state index contributed by atoms with van der Waals surface area (Å²) in [7, 11) is 0. The van der Waals surface area contributed by atoms with Crippen molar-refractivity contribution >= 4 is 5.91 Å². The lowest BCUT2D eigenvalue weighted by Gasteiger charge is -2.33. The Morgan fingerprint density at radius 3 is 2.33 bits per heavy atom. The van der Waals surface area contributed by atoms with Gasteiger partial charge in [0.2, 0.25) is 5.91 Å². The maximum atomic E-state index is 10.6. The molecule has 1 saturated heterocycles. The van der Waals surface area contributed by atoms with E-state index in [1.165, 1.54) is 6.92 Å². The lowest BCUT2D eigenvalue weighted by molar-refractivity contribution is -0.122. The van der Waals surface area contributed by atoms with E-state index in [0.29, 0.717) is 13.1 Å². The number of aliphatic hydroxyl groups is 2. The molecule has 1 amide bonds. The summed E-state index contributed by atoms with van der Waals surface area (Å²) in [5, 5.41) is 24.0. The maximum absolute atomic E-state index is 10.6. The van der Waals surface area contributed by atoms with Gasteiger partial charge in [-0.2, -0.15) is 0 Å². The third-order valence-electron chi connectivity index (χ3n) is 1.91. The molecule has 5 nitrogen and oxygen atoms in total. The molecule has 1 unspecified atom stereocenters. The number of β-amino-alcohol motifs (C(OH)–C–C–N with tert-alkyl or cyclic N) is 2. The highest BCUT2D eigenvalue weighted by atomic mass is 16.3. The third kappa shape index (κ3) is 2.17. The number of carbonyl (C=O) groups is 1. The molecule has 3 atom stereocenters. The van der Waals surface area contributed by atoms with Crippen LogP contribution in [0.2, 0.25) is 0 Å². The van der Waals surface area contributed by atoms with Gasteiger partial charge in [-0.3, -0.25) is 4.79 Å². The minimum atomic E-state index is -0.711. The largest absolute Gasteiger partial charge is 0.390 e. The Morgan fingerprint density at radius 2 is 1.92 bits per heavy atom. The highest BCUT2D eigenvalue weighted by Gasteiger charge is 2.30. The fourth-order valence-corrected chi connectivity index (χ4v) is 1.32. The summed E-state index contributed by atoms with van der Waals surface area (Å²) in [6.45, 7) is 2.17. The van der Waals surface area contributed by atoms with Gasteiger partial charge < -0.3 is 20.8 Å². The van der Waals surface area contributed by atoms with Crippen molar-refractivity contribution in [3.05, 3.63) is 0 Å². The van der Waals surface area contributed by atoms with E-state index in [2.05, 4.69) is 10.6 Å². The molecular weight excluding hydrogens is 160 g/mol. The molecule has 1 rings (SSSR count). The first-order valence-corrected chi connectivity index (χ1v) is 3.95. The van der Waals surface area contributed by atoms with Gasteiger partial charge in [0.15, 0.2) is 0 Å². The molecule has 1 aliphatic heterocycles. The van der Waals surface area contributed by atoms with E-state index >= 15 is 0 Å². The quantitative estimate of drug-likeness (QED) is 0.364. The lowest BCUT2D eigenvalue weighted by atomic mass is 10.0. The Hall–Kier alpha value is -0.650. The van der Waals surface area contributed by atoms with Crippen molar-refractivity contribution in [1.82, 2.24) is 10.6 Å². The molecule has 1 heterocycles. The summed E-state index contributed by atoms with van der Waals surface area (Å²) < 4.78 is 0. The second-order valence-corrected chi connectivity index (χ2v) is 3.02. The molecule has 0 radical (unpaired) electrons. The van der Waals surface area contributed by atoms with Gasteiger partial charge in [0.1, 0.15) is 0 Å². The second-order valence-electron chi connectivity index (χ2n) is 3.02. The van der Waals surface area contributed by atoms with E-state index in [1.807, 2.05) is 0 Å². The van der Waals surface area contributed by atoms with E-state index in [4.69, 9.17) is 0 Å². The predicted molar refractivity (Wildman–Crippen MR) is 42.5 cm³/mol. The molecule has 0 aromatic heterocycles.